The standard InChI is InChI=1S/C18H30N4O/c1-15-8-7-9-16(22-15)14-21-18(19-2)20-12-13-23-17-10-5-3-4-6-11-17/h7-9,17H,3-6,10-14H2,1-2H3,(H2,19,20,21). The Morgan fingerprint density at radius 1 is 1.22 bits per heavy atom. The molecule has 5 heteroatoms. The van der Waals surface area contributed by atoms with Crippen molar-refractivity contribution in [3.63, 3.8) is 0 Å². The topological polar surface area (TPSA) is 58.5 Å². The van der Waals surface area contributed by atoms with Crippen molar-refractivity contribution in [3.8, 4) is 0 Å². The van der Waals surface area contributed by atoms with Gasteiger partial charge in [0.2, 0.25) is 0 Å². The van der Waals surface area contributed by atoms with Gasteiger partial charge in [-0.3, -0.25) is 9.98 Å². The van der Waals surface area contributed by atoms with Gasteiger partial charge in [-0.15, -0.1) is 0 Å². The van der Waals surface area contributed by atoms with E-state index in [2.05, 4.69) is 20.6 Å². The zero-order valence-electron chi connectivity index (χ0n) is 14.5. The highest BCUT2D eigenvalue weighted by Gasteiger charge is 2.12. The number of nitrogens with zero attached hydrogens (tertiary/aromatic N) is 2. The minimum absolute atomic E-state index is 0.450. The van der Waals surface area contributed by atoms with E-state index in [1.165, 1.54) is 38.5 Å². The van der Waals surface area contributed by atoms with E-state index >= 15 is 0 Å². The van der Waals surface area contributed by atoms with Crippen LogP contribution in [0.15, 0.2) is 23.2 Å². The molecular formula is C18H30N4O. The van der Waals surface area contributed by atoms with Crippen molar-refractivity contribution in [1.82, 2.24) is 15.6 Å². The molecule has 0 spiro atoms. The largest absolute Gasteiger partial charge is 0.376 e. The molecule has 0 amide bonds. The van der Waals surface area contributed by atoms with Crippen LogP contribution in [0, 0.1) is 6.92 Å². The summed E-state index contributed by atoms with van der Waals surface area (Å²) in [6, 6.07) is 6.04. The number of aromatic nitrogens is 1. The van der Waals surface area contributed by atoms with Gasteiger partial charge in [0.1, 0.15) is 0 Å². The van der Waals surface area contributed by atoms with Gasteiger partial charge in [-0.2, -0.15) is 0 Å². The molecule has 0 atom stereocenters. The second-order valence-corrected chi connectivity index (χ2v) is 6.11. The van der Waals surface area contributed by atoms with Crippen molar-refractivity contribution in [3.05, 3.63) is 29.6 Å². The van der Waals surface area contributed by atoms with E-state index in [4.69, 9.17) is 4.74 Å². The van der Waals surface area contributed by atoms with Gasteiger partial charge in [0.15, 0.2) is 5.96 Å². The van der Waals surface area contributed by atoms with Crippen molar-refractivity contribution in [2.45, 2.75) is 58.1 Å². The van der Waals surface area contributed by atoms with E-state index in [-0.39, 0.29) is 0 Å². The molecule has 23 heavy (non-hydrogen) atoms. The zero-order chi connectivity index (χ0) is 16.3. The molecular weight excluding hydrogens is 288 g/mol. The Hall–Kier alpha value is -1.62. The number of nitrogens with one attached hydrogen (secondary N) is 2. The van der Waals surface area contributed by atoms with Crippen LogP contribution in [-0.4, -0.2) is 37.2 Å². The van der Waals surface area contributed by atoms with Crippen LogP contribution in [0.2, 0.25) is 0 Å². The van der Waals surface area contributed by atoms with Crippen molar-refractivity contribution in [2.75, 3.05) is 20.2 Å². The SMILES string of the molecule is CN=C(NCCOC1CCCCCC1)NCc1cccc(C)n1. The monoisotopic (exact) mass is 318 g/mol. The van der Waals surface area contributed by atoms with Crippen molar-refractivity contribution in [1.29, 1.82) is 0 Å². The molecule has 1 aromatic heterocycles. The van der Waals surface area contributed by atoms with Crippen LogP contribution in [-0.2, 0) is 11.3 Å². The van der Waals surface area contributed by atoms with E-state index in [1.807, 2.05) is 25.1 Å². The first kappa shape index (κ1) is 17.7. The smallest absolute Gasteiger partial charge is 0.191 e. The molecule has 2 N–H and O–H groups in total. The Bertz CT molecular complexity index is 482. The minimum Gasteiger partial charge on any atom is -0.376 e. The van der Waals surface area contributed by atoms with E-state index < -0.39 is 0 Å². The van der Waals surface area contributed by atoms with Crippen LogP contribution in [0.4, 0.5) is 0 Å². The second-order valence-electron chi connectivity index (χ2n) is 6.11. The predicted molar refractivity (Wildman–Crippen MR) is 94.6 cm³/mol. The number of pyridine rings is 1. The highest BCUT2D eigenvalue weighted by atomic mass is 16.5. The lowest BCUT2D eigenvalue weighted by Gasteiger charge is -2.16. The summed E-state index contributed by atoms with van der Waals surface area (Å²) in [6.07, 6.45) is 8.22. The molecule has 0 aromatic carbocycles. The van der Waals surface area contributed by atoms with Gasteiger partial charge < -0.3 is 15.4 Å². The Morgan fingerprint density at radius 3 is 2.70 bits per heavy atom. The molecule has 0 bridgehead atoms. The average Bonchev–Trinajstić information content (AvgIpc) is 2.83. The molecule has 128 valence electrons. The Labute approximate surface area is 139 Å². The fraction of sp³-hybridized carbons (Fsp3) is 0.667. The summed E-state index contributed by atoms with van der Waals surface area (Å²) in [5, 5.41) is 6.58. The third kappa shape index (κ3) is 6.99. The highest BCUT2D eigenvalue weighted by Crippen LogP contribution is 2.19. The summed E-state index contributed by atoms with van der Waals surface area (Å²) < 4.78 is 5.98. The molecule has 2 rings (SSSR count). The lowest BCUT2D eigenvalue weighted by molar-refractivity contribution is 0.0468. The van der Waals surface area contributed by atoms with E-state index in [1.54, 1.807) is 7.05 Å². The van der Waals surface area contributed by atoms with Gasteiger partial charge in [-0.25, -0.2) is 0 Å². The van der Waals surface area contributed by atoms with Crippen LogP contribution in [0.3, 0.4) is 0 Å². The molecule has 1 saturated carbocycles. The summed E-state index contributed by atoms with van der Waals surface area (Å²) in [6.45, 7) is 4.18. The second kappa shape index (κ2) is 10.2. The van der Waals surface area contributed by atoms with Gasteiger partial charge >= 0.3 is 0 Å². The van der Waals surface area contributed by atoms with Crippen molar-refractivity contribution < 1.29 is 4.74 Å². The van der Waals surface area contributed by atoms with Gasteiger partial charge in [0.25, 0.3) is 0 Å². The van der Waals surface area contributed by atoms with Crippen molar-refractivity contribution >= 4 is 5.96 Å². The lowest BCUT2D eigenvalue weighted by Crippen LogP contribution is -2.39. The van der Waals surface area contributed by atoms with Gasteiger partial charge in [-0.05, 0) is 31.9 Å². The number of guanidine groups is 1. The quantitative estimate of drug-likeness (QED) is 0.366. The zero-order valence-corrected chi connectivity index (χ0v) is 14.5. The number of aliphatic imine (C=N–C) groups is 1. The van der Waals surface area contributed by atoms with E-state index in [0.29, 0.717) is 12.6 Å². The highest BCUT2D eigenvalue weighted by molar-refractivity contribution is 5.79. The molecule has 0 radical (unpaired) electrons. The number of hydrogen-bond acceptors (Lipinski definition) is 3. The first-order valence-electron chi connectivity index (χ1n) is 8.76. The minimum atomic E-state index is 0.450. The summed E-state index contributed by atoms with van der Waals surface area (Å²) in [5.74, 6) is 0.790. The summed E-state index contributed by atoms with van der Waals surface area (Å²) >= 11 is 0. The fourth-order valence-electron chi connectivity index (χ4n) is 2.90. The maximum Gasteiger partial charge on any atom is 0.191 e. The first-order valence-corrected chi connectivity index (χ1v) is 8.76. The Kier molecular flexibility index (Phi) is 7.87. The Balaban J connectivity index is 1.63. The number of rotatable bonds is 6. The van der Waals surface area contributed by atoms with Crippen LogP contribution in [0.25, 0.3) is 0 Å². The maximum atomic E-state index is 5.98. The summed E-state index contributed by atoms with van der Waals surface area (Å²) in [7, 11) is 1.78. The number of hydrogen-bond donors (Lipinski definition) is 2. The fourth-order valence-corrected chi connectivity index (χ4v) is 2.90. The molecule has 1 aromatic rings. The van der Waals surface area contributed by atoms with Crippen LogP contribution in [0.5, 0.6) is 0 Å². The van der Waals surface area contributed by atoms with E-state index in [0.717, 1.165) is 30.5 Å². The van der Waals surface area contributed by atoms with Crippen LogP contribution in [0.1, 0.15) is 49.9 Å². The molecule has 1 aliphatic carbocycles. The molecule has 1 aliphatic rings. The van der Waals surface area contributed by atoms with Crippen molar-refractivity contribution in [2.24, 2.45) is 4.99 Å². The molecule has 0 unspecified atom stereocenters. The molecule has 1 fully saturated rings. The summed E-state index contributed by atoms with van der Waals surface area (Å²) in [4.78, 5) is 8.71. The van der Waals surface area contributed by atoms with Gasteiger partial charge in [0.05, 0.1) is 24.9 Å². The summed E-state index contributed by atoms with van der Waals surface area (Å²) in [5.41, 5.74) is 2.05. The first-order chi connectivity index (χ1) is 11.3. The van der Waals surface area contributed by atoms with Gasteiger partial charge in [-0.1, -0.05) is 31.7 Å². The van der Waals surface area contributed by atoms with Crippen LogP contribution < -0.4 is 10.6 Å². The number of aryl methyl sites for hydroxylation is 1. The third-order valence-corrected chi connectivity index (χ3v) is 4.16. The molecule has 1 heterocycles. The van der Waals surface area contributed by atoms with Gasteiger partial charge in [0, 0.05) is 19.3 Å². The molecule has 0 aliphatic heterocycles. The third-order valence-electron chi connectivity index (χ3n) is 4.16. The average molecular weight is 318 g/mol. The van der Waals surface area contributed by atoms with E-state index in [9.17, 15) is 0 Å². The maximum absolute atomic E-state index is 5.98. The predicted octanol–water partition coefficient (Wildman–Crippen LogP) is 2.79. The lowest BCUT2D eigenvalue weighted by atomic mass is 10.1. The molecule has 5 nitrogen and oxygen atoms in total. The Morgan fingerprint density at radius 2 is 2.00 bits per heavy atom. The van der Waals surface area contributed by atoms with Crippen LogP contribution >= 0.6 is 0 Å². The number of ether oxygens (including phenoxy) is 1. The normalized spacial score (nSPS) is 16.9. The molecule has 0 saturated heterocycles.